The third-order valence-corrected chi connectivity index (χ3v) is 6.60. The molecule has 0 saturated carbocycles. The fourth-order valence-electron chi connectivity index (χ4n) is 2.69. The van der Waals surface area contributed by atoms with E-state index in [2.05, 4.69) is 5.32 Å². The second-order valence-electron chi connectivity index (χ2n) is 5.46. The van der Waals surface area contributed by atoms with E-state index in [1.807, 2.05) is 23.8 Å². The van der Waals surface area contributed by atoms with E-state index in [0.29, 0.717) is 13.1 Å². The van der Waals surface area contributed by atoms with Crippen LogP contribution in [0, 0.1) is 0 Å². The molecule has 7 heteroatoms. The van der Waals surface area contributed by atoms with Crippen LogP contribution < -0.4 is 5.32 Å². The molecule has 2 heterocycles. The van der Waals surface area contributed by atoms with E-state index in [-0.39, 0.29) is 6.04 Å². The Balaban J connectivity index is 2.07. The molecule has 5 nitrogen and oxygen atoms in total. The van der Waals surface area contributed by atoms with Gasteiger partial charge in [-0.1, -0.05) is 13.3 Å². The van der Waals surface area contributed by atoms with Crippen molar-refractivity contribution in [2.75, 3.05) is 26.7 Å². The zero-order chi connectivity index (χ0) is 15.3. The zero-order valence-corrected chi connectivity index (χ0v) is 14.4. The number of nitrogens with zero attached hydrogens (tertiary/aromatic N) is 2. The molecule has 0 aliphatic carbocycles. The summed E-state index contributed by atoms with van der Waals surface area (Å²) in [6.45, 7) is 4.73. The van der Waals surface area contributed by atoms with E-state index in [1.165, 1.54) is 4.31 Å². The minimum absolute atomic E-state index is 0.0774. The predicted molar refractivity (Wildman–Crippen MR) is 87.6 cm³/mol. The van der Waals surface area contributed by atoms with Gasteiger partial charge in [-0.15, -0.1) is 0 Å². The van der Waals surface area contributed by atoms with Crippen molar-refractivity contribution < 1.29 is 8.42 Å². The molecule has 1 saturated heterocycles. The van der Waals surface area contributed by atoms with E-state index in [9.17, 15) is 8.42 Å². The summed E-state index contributed by atoms with van der Waals surface area (Å²) in [6, 6.07) is 2.05. The average Bonchev–Trinajstić information content (AvgIpc) is 2.98. The van der Waals surface area contributed by atoms with Crippen LogP contribution in [0.2, 0.25) is 0 Å². The molecule has 1 aliphatic rings. The maximum absolute atomic E-state index is 12.8. The van der Waals surface area contributed by atoms with Crippen LogP contribution in [0.4, 0.5) is 0 Å². The van der Waals surface area contributed by atoms with Crippen molar-refractivity contribution >= 4 is 21.5 Å². The third kappa shape index (κ3) is 4.26. The molecule has 0 amide bonds. The number of hydrogen-bond acceptors (Lipinski definition) is 4. The van der Waals surface area contributed by atoms with Crippen LogP contribution in [0.15, 0.2) is 16.8 Å². The van der Waals surface area contributed by atoms with E-state index in [1.54, 1.807) is 22.7 Å². The number of thiophene rings is 1. The minimum Gasteiger partial charge on any atom is -0.315 e. The Morgan fingerprint density at radius 3 is 2.95 bits per heavy atom. The maximum atomic E-state index is 12.8. The van der Waals surface area contributed by atoms with E-state index in [0.717, 1.165) is 37.9 Å². The van der Waals surface area contributed by atoms with Gasteiger partial charge in [0.05, 0.1) is 0 Å². The third-order valence-electron chi connectivity index (χ3n) is 3.88. The predicted octanol–water partition coefficient (Wildman–Crippen LogP) is 1.89. The highest BCUT2D eigenvalue weighted by molar-refractivity contribution is 7.86. The summed E-state index contributed by atoms with van der Waals surface area (Å²) in [5.41, 5.74) is 1.05. The summed E-state index contributed by atoms with van der Waals surface area (Å²) in [5, 5.41) is 7.26. The number of piperidine rings is 1. The molecule has 1 N–H and O–H groups in total. The SMILES string of the molecule is CCNCC1CCCCN1S(=O)(=O)N(C)Cc1ccsc1. The van der Waals surface area contributed by atoms with Gasteiger partial charge in [0.15, 0.2) is 0 Å². The Hall–Kier alpha value is -0.470. The first-order chi connectivity index (χ1) is 10.1. The first-order valence-electron chi connectivity index (χ1n) is 7.50. The van der Waals surface area contributed by atoms with Gasteiger partial charge in [-0.05, 0) is 41.8 Å². The van der Waals surface area contributed by atoms with Crippen molar-refractivity contribution in [2.24, 2.45) is 0 Å². The van der Waals surface area contributed by atoms with Crippen LogP contribution >= 0.6 is 11.3 Å². The molecular formula is C14H25N3O2S2. The molecule has 120 valence electrons. The Morgan fingerprint density at radius 1 is 1.48 bits per heavy atom. The fraction of sp³-hybridized carbons (Fsp3) is 0.714. The lowest BCUT2D eigenvalue weighted by Gasteiger charge is -2.37. The lowest BCUT2D eigenvalue weighted by atomic mass is 10.1. The van der Waals surface area contributed by atoms with Crippen LogP contribution in [0.1, 0.15) is 31.7 Å². The second kappa shape index (κ2) is 7.69. The van der Waals surface area contributed by atoms with Crippen molar-refractivity contribution in [1.82, 2.24) is 13.9 Å². The first kappa shape index (κ1) is 16.9. The van der Waals surface area contributed by atoms with Gasteiger partial charge in [0.25, 0.3) is 10.2 Å². The molecule has 2 rings (SSSR count). The highest BCUT2D eigenvalue weighted by Gasteiger charge is 2.34. The number of likely N-dealkylation sites (N-methyl/N-ethyl adjacent to an activating group) is 1. The Kier molecular flexibility index (Phi) is 6.19. The summed E-state index contributed by atoms with van der Waals surface area (Å²) in [7, 11) is -1.71. The minimum atomic E-state index is -3.39. The van der Waals surface area contributed by atoms with E-state index in [4.69, 9.17) is 0 Å². The smallest absolute Gasteiger partial charge is 0.282 e. The van der Waals surface area contributed by atoms with Crippen LogP contribution in [0.5, 0.6) is 0 Å². The van der Waals surface area contributed by atoms with Crippen LogP contribution in [0.3, 0.4) is 0 Å². The molecule has 21 heavy (non-hydrogen) atoms. The van der Waals surface area contributed by atoms with Crippen molar-refractivity contribution in [3.8, 4) is 0 Å². The molecule has 1 atom stereocenters. The van der Waals surface area contributed by atoms with Crippen molar-refractivity contribution in [3.63, 3.8) is 0 Å². The van der Waals surface area contributed by atoms with Gasteiger partial charge < -0.3 is 5.32 Å². The lowest BCUT2D eigenvalue weighted by Crippen LogP contribution is -2.52. The zero-order valence-electron chi connectivity index (χ0n) is 12.8. The summed E-state index contributed by atoms with van der Waals surface area (Å²) in [6.07, 6.45) is 3.00. The summed E-state index contributed by atoms with van der Waals surface area (Å²) in [4.78, 5) is 0. The average molecular weight is 332 g/mol. The second-order valence-corrected chi connectivity index (χ2v) is 8.23. The number of hydrogen-bond donors (Lipinski definition) is 1. The van der Waals surface area contributed by atoms with Crippen LogP contribution in [-0.2, 0) is 16.8 Å². The van der Waals surface area contributed by atoms with E-state index < -0.39 is 10.2 Å². The van der Waals surface area contributed by atoms with Crippen molar-refractivity contribution in [1.29, 1.82) is 0 Å². The highest BCUT2D eigenvalue weighted by atomic mass is 32.2. The van der Waals surface area contributed by atoms with Crippen molar-refractivity contribution in [3.05, 3.63) is 22.4 Å². The molecule has 1 fully saturated rings. The summed E-state index contributed by atoms with van der Waals surface area (Å²) < 4.78 is 28.8. The van der Waals surface area contributed by atoms with Crippen LogP contribution in [-0.4, -0.2) is 49.8 Å². The van der Waals surface area contributed by atoms with Crippen molar-refractivity contribution in [2.45, 2.75) is 38.8 Å². The molecule has 1 aromatic heterocycles. The normalized spacial score (nSPS) is 21.0. The quantitative estimate of drug-likeness (QED) is 0.830. The van der Waals surface area contributed by atoms with E-state index >= 15 is 0 Å². The van der Waals surface area contributed by atoms with Gasteiger partial charge in [-0.25, -0.2) is 0 Å². The molecule has 1 aromatic rings. The van der Waals surface area contributed by atoms with Gasteiger partial charge in [0.1, 0.15) is 0 Å². The van der Waals surface area contributed by atoms with Crippen LogP contribution in [0.25, 0.3) is 0 Å². The molecule has 0 radical (unpaired) electrons. The van der Waals surface area contributed by atoms with Gasteiger partial charge in [-0.3, -0.25) is 0 Å². The summed E-state index contributed by atoms with van der Waals surface area (Å²) in [5.74, 6) is 0. The van der Waals surface area contributed by atoms with Gasteiger partial charge in [0, 0.05) is 32.7 Å². The number of nitrogens with one attached hydrogen (secondary N) is 1. The maximum Gasteiger partial charge on any atom is 0.282 e. The molecule has 0 aromatic carbocycles. The molecule has 1 aliphatic heterocycles. The Labute approximate surface area is 132 Å². The Morgan fingerprint density at radius 2 is 2.29 bits per heavy atom. The topological polar surface area (TPSA) is 52.7 Å². The molecule has 0 bridgehead atoms. The standard InChI is InChI=1S/C14H25N3O2S2/c1-3-15-10-14-6-4-5-8-17(14)21(18,19)16(2)11-13-7-9-20-12-13/h7,9,12,14-15H,3-6,8,10-11H2,1-2H3. The van der Waals surface area contributed by atoms with Gasteiger partial charge in [0.2, 0.25) is 0 Å². The lowest BCUT2D eigenvalue weighted by molar-refractivity contribution is 0.230. The first-order valence-corrected chi connectivity index (χ1v) is 9.84. The molecular weight excluding hydrogens is 306 g/mol. The van der Waals surface area contributed by atoms with Gasteiger partial charge >= 0.3 is 0 Å². The monoisotopic (exact) mass is 331 g/mol. The van der Waals surface area contributed by atoms with Gasteiger partial charge in [-0.2, -0.15) is 28.4 Å². The number of rotatable bonds is 7. The molecule has 0 spiro atoms. The summed E-state index contributed by atoms with van der Waals surface area (Å²) >= 11 is 1.59. The molecule has 1 unspecified atom stereocenters. The Bertz CT molecular complexity index is 516. The largest absolute Gasteiger partial charge is 0.315 e. The fourth-order valence-corrected chi connectivity index (χ4v) is 4.94. The highest BCUT2D eigenvalue weighted by Crippen LogP contribution is 2.23.